The summed E-state index contributed by atoms with van der Waals surface area (Å²) in [6.07, 6.45) is 0. The summed E-state index contributed by atoms with van der Waals surface area (Å²) in [4.78, 5) is 0. The van der Waals surface area contributed by atoms with Crippen LogP contribution in [0.3, 0.4) is 0 Å². The summed E-state index contributed by atoms with van der Waals surface area (Å²) in [6, 6.07) is 2.71. The second kappa shape index (κ2) is 8.42. The normalized spacial score (nSPS) is 33.9. The largest absolute Gasteiger partial charge is 0.409 e. The van der Waals surface area contributed by atoms with Gasteiger partial charge in [0.05, 0.1) is 0 Å². The van der Waals surface area contributed by atoms with Crippen molar-refractivity contribution in [3.05, 3.63) is 36.8 Å². The number of hydrogen-bond acceptors (Lipinski definition) is 3. The van der Waals surface area contributed by atoms with Crippen LogP contribution < -0.4 is 0 Å². The molecule has 138 valence electrons. The minimum atomic E-state index is -2.55. The van der Waals surface area contributed by atoms with Crippen LogP contribution in [-0.4, -0.2) is 25.7 Å². The molecule has 1 fully saturated rings. The molecule has 24 heavy (non-hydrogen) atoms. The summed E-state index contributed by atoms with van der Waals surface area (Å²) >= 11 is 0. The fraction of sp³-hybridized carbons (Fsp3) is 0.667. The first-order valence-corrected chi connectivity index (χ1v) is 15.4. The summed E-state index contributed by atoms with van der Waals surface area (Å²) in [5.41, 5.74) is 5.89. The zero-order chi connectivity index (χ0) is 18.6. The fourth-order valence-corrected chi connectivity index (χ4v) is 20.0. The van der Waals surface area contributed by atoms with Crippen LogP contribution in [0.2, 0.25) is 18.1 Å². The highest BCUT2D eigenvalue weighted by atomic mass is 28.5. The Hall–Kier alpha value is -0.249. The van der Waals surface area contributed by atoms with Gasteiger partial charge in [0.15, 0.2) is 0 Å². The van der Waals surface area contributed by atoms with Crippen LogP contribution in [-0.2, 0) is 12.3 Å². The summed E-state index contributed by atoms with van der Waals surface area (Å²) in [7, 11) is -7.64. The molecule has 1 saturated heterocycles. The highest BCUT2D eigenvalue weighted by Gasteiger charge is 2.59. The van der Waals surface area contributed by atoms with Gasteiger partial charge in [-0.15, -0.1) is 19.7 Å². The zero-order valence-electron chi connectivity index (χ0n) is 16.4. The maximum absolute atomic E-state index is 6.70. The second-order valence-electron chi connectivity index (χ2n) is 8.15. The molecule has 0 saturated carbocycles. The van der Waals surface area contributed by atoms with E-state index in [1.165, 1.54) is 0 Å². The van der Waals surface area contributed by atoms with Crippen molar-refractivity contribution in [3.8, 4) is 0 Å². The quantitative estimate of drug-likeness (QED) is 0.490. The van der Waals surface area contributed by atoms with Crippen molar-refractivity contribution in [2.45, 2.75) is 59.7 Å². The molecule has 0 aliphatic carbocycles. The van der Waals surface area contributed by atoms with E-state index in [-0.39, 0.29) is 0 Å². The van der Waals surface area contributed by atoms with E-state index < -0.39 is 25.7 Å². The van der Waals surface area contributed by atoms with Gasteiger partial charge in [0, 0.05) is 0 Å². The van der Waals surface area contributed by atoms with Crippen molar-refractivity contribution in [2.24, 2.45) is 17.8 Å². The highest BCUT2D eigenvalue weighted by molar-refractivity contribution is 6.99. The first-order chi connectivity index (χ1) is 11.1. The Morgan fingerprint density at radius 1 is 0.583 bits per heavy atom. The van der Waals surface area contributed by atoms with Crippen LogP contribution in [0.5, 0.6) is 0 Å². The summed E-state index contributed by atoms with van der Waals surface area (Å²) in [5, 5.41) is 0. The van der Waals surface area contributed by atoms with Crippen LogP contribution >= 0.6 is 0 Å². The molecule has 0 spiro atoms. The Balaban J connectivity index is 3.39. The average molecular weight is 385 g/mol. The molecule has 0 atom stereocenters. The lowest BCUT2D eigenvalue weighted by molar-refractivity contribution is 0.224. The van der Waals surface area contributed by atoms with E-state index in [1.807, 2.05) is 17.1 Å². The van der Waals surface area contributed by atoms with E-state index in [9.17, 15) is 0 Å². The predicted octanol–water partition coefficient (Wildman–Crippen LogP) is 5.52. The lowest BCUT2D eigenvalue weighted by Crippen LogP contribution is -2.69. The Morgan fingerprint density at radius 3 is 0.917 bits per heavy atom. The molecule has 1 aliphatic rings. The topological polar surface area (TPSA) is 27.7 Å². The summed E-state index contributed by atoms with van der Waals surface area (Å²) in [6.45, 7) is 25.5. The molecule has 0 unspecified atom stereocenters. The Bertz CT molecular complexity index is 388. The molecular formula is C18H36O3Si3. The van der Waals surface area contributed by atoms with E-state index in [0.717, 1.165) is 18.1 Å². The van der Waals surface area contributed by atoms with Crippen molar-refractivity contribution in [1.82, 2.24) is 0 Å². The highest BCUT2D eigenvalue weighted by Crippen LogP contribution is 2.41. The molecule has 0 bridgehead atoms. The van der Waals surface area contributed by atoms with Crippen LogP contribution in [0.4, 0.5) is 0 Å². The van der Waals surface area contributed by atoms with Crippen molar-refractivity contribution in [2.75, 3.05) is 0 Å². The summed E-state index contributed by atoms with van der Waals surface area (Å²) in [5.74, 6) is 1.46. The molecule has 0 aromatic rings. The predicted molar refractivity (Wildman–Crippen MR) is 110 cm³/mol. The molecular weight excluding hydrogens is 348 g/mol. The van der Waals surface area contributed by atoms with E-state index >= 15 is 0 Å². The average Bonchev–Trinajstić information content (AvgIpc) is 2.44. The fourth-order valence-electron chi connectivity index (χ4n) is 3.40. The van der Waals surface area contributed by atoms with E-state index in [2.05, 4.69) is 61.3 Å². The molecule has 0 amide bonds. The van der Waals surface area contributed by atoms with Crippen molar-refractivity contribution in [3.63, 3.8) is 0 Å². The van der Waals surface area contributed by atoms with E-state index in [1.54, 1.807) is 0 Å². The second-order valence-corrected chi connectivity index (χ2v) is 17.9. The van der Waals surface area contributed by atoms with E-state index in [4.69, 9.17) is 12.3 Å². The lowest BCUT2D eigenvalue weighted by Gasteiger charge is -2.51. The first-order valence-electron chi connectivity index (χ1n) is 9.07. The lowest BCUT2D eigenvalue weighted by atomic mass is 10.3. The van der Waals surface area contributed by atoms with Gasteiger partial charge in [-0.3, -0.25) is 0 Å². The van der Waals surface area contributed by atoms with Gasteiger partial charge in [-0.05, 0) is 35.9 Å². The molecule has 3 nitrogen and oxygen atoms in total. The van der Waals surface area contributed by atoms with Gasteiger partial charge in [-0.2, -0.15) is 0 Å². The van der Waals surface area contributed by atoms with Gasteiger partial charge in [0.2, 0.25) is 0 Å². The van der Waals surface area contributed by atoms with Gasteiger partial charge >= 0.3 is 25.7 Å². The van der Waals surface area contributed by atoms with Crippen molar-refractivity contribution < 1.29 is 12.3 Å². The van der Waals surface area contributed by atoms with Crippen molar-refractivity contribution in [1.29, 1.82) is 0 Å². The number of rotatable bonds is 9. The number of hydrogen-bond donors (Lipinski definition) is 0. The summed E-state index contributed by atoms with van der Waals surface area (Å²) < 4.78 is 20.1. The molecule has 0 aromatic carbocycles. The zero-order valence-corrected chi connectivity index (χ0v) is 19.4. The molecule has 0 N–H and O–H groups in total. The third kappa shape index (κ3) is 5.37. The molecule has 1 heterocycles. The van der Waals surface area contributed by atoms with E-state index in [0.29, 0.717) is 17.8 Å². The van der Waals surface area contributed by atoms with Gasteiger partial charge in [0.1, 0.15) is 0 Å². The first kappa shape index (κ1) is 21.8. The molecule has 0 radical (unpaired) electrons. The maximum atomic E-state index is 6.70. The van der Waals surface area contributed by atoms with Gasteiger partial charge in [-0.1, -0.05) is 58.6 Å². The van der Waals surface area contributed by atoms with Gasteiger partial charge in [-0.25, -0.2) is 0 Å². The van der Waals surface area contributed by atoms with Crippen molar-refractivity contribution >= 4 is 25.7 Å². The van der Waals surface area contributed by atoms with Crippen LogP contribution in [0.25, 0.3) is 0 Å². The molecule has 1 aliphatic heterocycles. The maximum Gasteiger partial charge on any atom is 0.347 e. The minimum Gasteiger partial charge on any atom is -0.409 e. The third-order valence-electron chi connectivity index (χ3n) is 4.05. The smallest absolute Gasteiger partial charge is 0.347 e. The van der Waals surface area contributed by atoms with Crippen LogP contribution in [0, 0.1) is 17.8 Å². The molecule has 1 rings (SSSR count). The van der Waals surface area contributed by atoms with Crippen LogP contribution in [0.1, 0.15) is 41.5 Å². The molecule has 6 heteroatoms. The van der Waals surface area contributed by atoms with Crippen LogP contribution in [0.15, 0.2) is 36.8 Å². The van der Waals surface area contributed by atoms with Gasteiger partial charge in [0.25, 0.3) is 0 Å². The minimum absolute atomic E-state index is 0.485. The van der Waals surface area contributed by atoms with Gasteiger partial charge < -0.3 is 12.3 Å². The Kier molecular flexibility index (Phi) is 7.65. The Morgan fingerprint density at radius 2 is 0.792 bits per heavy atom. The SMILES string of the molecule is C=C[Si]1(CC(C)C)O[Si](C=C)(CC(C)C)O[Si](C=C)(CC(C)C)O1. The third-order valence-corrected chi connectivity index (χ3v) is 18.4. The monoisotopic (exact) mass is 384 g/mol. The Labute approximate surface area is 152 Å². The standard InChI is InChI=1S/C18H36O3Si3/c1-10-22(13-16(4)5)19-23(11-2,14-17(6)7)21-24(12-3,20-22)15-18(8)9/h10-12,16-18H,1-3,13-15H2,4-9H3. The molecule has 0 aromatic heterocycles.